The summed E-state index contributed by atoms with van der Waals surface area (Å²) in [7, 11) is 4.67. The maximum atomic E-state index is 13.7. The van der Waals surface area contributed by atoms with Crippen molar-refractivity contribution in [3.05, 3.63) is 95.3 Å². The lowest BCUT2D eigenvalue weighted by molar-refractivity contribution is -0.133. The predicted molar refractivity (Wildman–Crippen MR) is 141 cm³/mol. The largest absolute Gasteiger partial charge is 0.497 e. The van der Waals surface area contributed by atoms with E-state index in [2.05, 4.69) is 5.10 Å². The SMILES string of the molecule is COCCN(CC(=O)N1N=C(c2cccc(OC)c2)C[C@H]1c1ccc(F)cc1)C(=O)c1ccc(OC)cc1. The lowest BCUT2D eigenvalue weighted by atomic mass is 9.98. The van der Waals surface area contributed by atoms with Gasteiger partial charge < -0.3 is 19.1 Å². The van der Waals surface area contributed by atoms with E-state index in [1.807, 2.05) is 24.3 Å². The molecule has 38 heavy (non-hydrogen) atoms. The summed E-state index contributed by atoms with van der Waals surface area (Å²) in [6.45, 7) is 0.268. The van der Waals surface area contributed by atoms with E-state index in [-0.39, 0.29) is 37.3 Å². The van der Waals surface area contributed by atoms with Crippen molar-refractivity contribution in [3.8, 4) is 11.5 Å². The Labute approximate surface area is 221 Å². The highest BCUT2D eigenvalue weighted by molar-refractivity contribution is 6.04. The van der Waals surface area contributed by atoms with Gasteiger partial charge >= 0.3 is 0 Å². The molecule has 3 aromatic carbocycles. The summed E-state index contributed by atoms with van der Waals surface area (Å²) in [6, 6.07) is 19.7. The summed E-state index contributed by atoms with van der Waals surface area (Å²) < 4.78 is 29.4. The van der Waals surface area contributed by atoms with Gasteiger partial charge in [-0.1, -0.05) is 24.3 Å². The molecule has 0 bridgehead atoms. The van der Waals surface area contributed by atoms with Crippen LogP contribution in [0.3, 0.4) is 0 Å². The average molecular weight is 520 g/mol. The number of carbonyl (C=O) groups excluding carboxylic acids is 2. The Hall–Kier alpha value is -4.24. The number of ether oxygens (including phenoxy) is 3. The van der Waals surface area contributed by atoms with Crippen molar-refractivity contribution in [2.24, 2.45) is 5.10 Å². The molecule has 0 aromatic heterocycles. The summed E-state index contributed by atoms with van der Waals surface area (Å²) in [5.41, 5.74) is 2.67. The van der Waals surface area contributed by atoms with Gasteiger partial charge in [-0.15, -0.1) is 0 Å². The van der Waals surface area contributed by atoms with E-state index in [4.69, 9.17) is 14.2 Å². The summed E-state index contributed by atoms with van der Waals surface area (Å²) >= 11 is 0. The van der Waals surface area contributed by atoms with Gasteiger partial charge in [0.2, 0.25) is 0 Å². The van der Waals surface area contributed by atoms with Crippen LogP contribution in [-0.2, 0) is 9.53 Å². The first-order chi connectivity index (χ1) is 18.4. The zero-order valence-corrected chi connectivity index (χ0v) is 21.6. The minimum absolute atomic E-state index is 0.208. The molecule has 0 saturated heterocycles. The minimum Gasteiger partial charge on any atom is -0.497 e. The van der Waals surface area contributed by atoms with Crippen LogP contribution < -0.4 is 9.47 Å². The van der Waals surface area contributed by atoms with Gasteiger partial charge in [0.25, 0.3) is 11.8 Å². The highest BCUT2D eigenvalue weighted by Gasteiger charge is 2.34. The third-order valence-corrected chi connectivity index (χ3v) is 6.34. The normalized spacial score (nSPS) is 14.7. The maximum Gasteiger partial charge on any atom is 0.262 e. The first-order valence-corrected chi connectivity index (χ1v) is 12.1. The van der Waals surface area contributed by atoms with E-state index in [0.29, 0.717) is 29.2 Å². The number of hydrogen-bond acceptors (Lipinski definition) is 6. The second-order valence-electron chi connectivity index (χ2n) is 8.74. The molecule has 0 unspecified atom stereocenters. The summed E-state index contributed by atoms with van der Waals surface area (Å²) in [5.74, 6) is 0.251. The van der Waals surface area contributed by atoms with E-state index in [0.717, 1.165) is 11.1 Å². The van der Waals surface area contributed by atoms with E-state index < -0.39 is 6.04 Å². The van der Waals surface area contributed by atoms with Crippen molar-refractivity contribution in [2.75, 3.05) is 41.0 Å². The topological polar surface area (TPSA) is 80.7 Å². The molecule has 0 radical (unpaired) electrons. The molecule has 8 nitrogen and oxygen atoms in total. The third kappa shape index (κ3) is 6.18. The molecule has 0 saturated carbocycles. The number of nitrogens with zero attached hydrogens (tertiary/aromatic N) is 3. The fraction of sp³-hybridized carbons (Fsp3) is 0.276. The lowest BCUT2D eigenvalue weighted by Crippen LogP contribution is -2.42. The third-order valence-electron chi connectivity index (χ3n) is 6.34. The van der Waals surface area contributed by atoms with Crippen molar-refractivity contribution in [1.82, 2.24) is 9.91 Å². The monoisotopic (exact) mass is 519 g/mol. The van der Waals surface area contributed by atoms with Crippen molar-refractivity contribution >= 4 is 17.5 Å². The molecule has 3 aromatic rings. The molecule has 2 amide bonds. The summed E-state index contributed by atoms with van der Waals surface area (Å²) in [4.78, 5) is 28.4. The molecule has 9 heteroatoms. The first kappa shape index (κ1) is 26.8. The number of hydrazone groups is 1. The van der Waals surface area contributed by atoms with Crippen molar-refractivity contribution in [2.45, 2.75) is 12.5 Å². The smallest absolute Gasteiger partial charge is 0.262 e. The fourth-order valence-electron chi connectivity index (χ4n) is 4.27. The molecule has 1 atom stereocenters. The van der Waals surface area contributed by atoms with Crippen LogP contribution in [0.25, 0.3) is 0 Å². The summed E-state index contributed by atoms with van der Waals surface area (Å²) in [5, 5.41) is 6.06. The van der Waals surface area contributed by atoms with Gasteiger partial charge in [-0.3, -0.25) is 9.59 Å². The number of amides is 2. The van der Waals surface area contributed by atoms with E-state index >= 15 is 0 Å². The predicted octanol–water partition coefficient (Wildman–Crippen LogP) is 4.31. The molecule has 1 heterocycles. The zero-order valence-electron chi connectivity index (χ0n) is 21.6. The van der Waals surface area contributed by atoms with Crippen LogP contribution in [0, 0.1) is 5.82 Å². The van der Waals surface area contributed by atoms with Gasteiger partial charge in [0, 0.05) is 31.2 Å². The molecular formula is C29H30FN3O5. The van der Waals surface area contributed by atoms with E-state index in [9.17, 15) is 14.0 Å². The number of methoxy groups -OCH3 is 3. The first-order valence-electron chi connectivity index (χ1n) is 12.1. The van der Waals surface area contributed by atoms with Gasteiger partial charge in [0.1, 0.15) is 23.9 Å². The van der Waals surface area contributed by atoms with Crippen LogP contribution in [-0.4, -0.2) is 68.5 Å². The Morgan fingerprint density at radius 3 is 2.34 bits per heavy atom. The van der Waals surface area contributed by atoms with Crippen LogP contribution in [0.15, 0.2) is 77.9 Å². The second-order valence-corrected chi connectivity index (χ2v) is 8.74. The quantitative estimate of drug-likeness (QED) is 0.399. The number of carbonyl (C=O) groups is 2. The number of hydrogen-bond donors (Lipinski definition) is 0. The molecule has 0 N–H and O–H groups in total. The van der Waals surface area contributed by atoms with Gasteiger partial charge in [-0.2, -0.15) is 5.10 Å². The molecule has 198 valence electrons. The summed E-state index contributed by atoms with van der Waals surface area (Å²) in [6.07, 6.45) is 0.426. The number of halogens is 1. The molecular weight excluding hydrogens is 489 g/mol. The Balaban J connectivity index is 1.62. The van der Waals surface area contributed by atoms with Gasteiger partial charge in [-0.05, 0) is 54.1 Å². The maximum absolute atomic E-state index is 13.7. The Kier molecular flexibility index (Phi) is 8.70. The number of rotatable bonds is 10. The highest BCUT2D eigenvalue weighted by atomic mass is 19.1. The van der Waals surface area contributed by atoms with E-state index in [1.54, 1.807) is 50.6 Å². The van der Waals surface area contributed by atoms with Crippen molar-refractivity contribution in [3.63, 3.8) is 0 Å². The molecule has 0 spiro atoms. The van der Waals surface area contributed by atoms with Gasteiger partial charge in [-0.25, -0.2) is 9.40 Å². The van der Waals surface area contributed by atoms with Crippen molar-refractivity contribution in [1.29, 1.82) is 0 Å². The number of benzene rings is 3. The minimum atomic E-state index is -0.454. The molecule has 4 rings (SSSR count). The zero-order chi connectivity index (χ0) is 27.1. The second kappa shape index (κ2) is 12.3. The van der Waals surface area contributed by atoms with Crippen LogP contribution in [0.1, 0.15) is 33.9 Å². The van der Waals surface area contributed by atoms with Crippen LogP contribution in [0.4, 0.5) is 4.39 Å². The average Bonchev–Trinajstić information content (AvgIpc) is 3.41. The van der Waals surface area contributed by atoms with Crippen LogP contribution >= 0.6 is 0 Å². The Morgan fingerprint density at radius 1 is 0.974 bits per heavy atom. The van der Waals surface area contributed by atoms with Crippen LogP contribution in [0.5, 0.6) is 11.5 Å². The molecule has 0 aliphatic carbocycles. The molecule has 1 aliphatic heterocycles. The lowest BCUT2D eigenvalue weighted by Gasteiger charge is -2.27. The van der Waals surface area contributed by atoms with Gasteiger partial charge in [0.05, 0.1) is 32.6 Å². The van der Waals surface area contributed by atoms with E-state index in [1.165, 1.54) is 29.2 Å². The Bertz CT molecular complexity index is 1290. The molecule has 0 fully saturated rings. The Morgan fingerprint density at radius 2 is 1.68 bits per heavy atom. The van der Waals surface area contributed by atoms with Crippen molar-refractivity contribution < 1.29 is 28.2 Å². The molecule has 1 aliphatic rings. The highest BCUT2D eigenvalue weighted by Crippen LogP contribution is 2.33. The van der Waals surface area contributed by atoms with Crippen LogP contribution in [0.2, 0.25) is 0 Å². The fourth-order valence-corrected chi connectivity index (χ4v) is 4.27. The van der Waals surface area contributed by atoms with Gasteiger partial charge in [0.15, 0.2) is 0 Å². The standard InChI is InChI=1S/C29H30FN3O5/c1-36-16-15-32(29(35)21-9-13-24(37-2)14-10-21)19-28(34)33-27(20-7-11-23(30)12-8-20)18-26(31-33)22-5-4-6-25(17-22)38-3/h4-14,17,27H,15-16,18-19H2,1-3H3/t27-/m0/s1.